The molecule has 0 atom stereocenters. The van der Waals surface area contributed by atoms with E-state index in [2.05, 4.69) is 10.3 Å². The Labute approximate surface area is 181 Å². The van der Waals surface area contributed by atoms with Crippen LogP contribution in [0.25, 0.3) is 11.1 Å². The van der Waals surface area contributed by atoms with Crippen molar-refractivity contribution in [2.24, 2.45) is 0 Å². The Morgan fingerprint density at radius 2 is 1.84 bits per heavy atom. The molecule has 0 radical (unpaired) electrons. The highest BCUT2D eigenvalue weighted by Gasteiger charge is 2.21. The van der Waals surface area contributed by atoms with E-state index in [9.17, 15) is 9.59 Å². The first-order chi connectivity index (χ1) is 15.0. The number of carbonyl (C=O) groups is 2. The number of nitrogens with one attached hydrogen (secondary N) is 1. The van der Waals surface area contributed by atoms with Crippen LogP contribution in [-0.2, 0) is 16.1 Å². The SMILES string of the molecule is COC(=O)c1cc(-c2cccc(C(=O)Nc3ccc(COC4CC4)cc3)c2)cnc1C. The molecule has 6 heteroatoms. The molecule has 0 unspecified atom stereocenters. The van der Waals surface area contributed by atoms with Crippen LogP contribution in [0.3, 0.4) is 0 Å². The second-order valence-electron chi connectivity index (χ2n) is 7.59. The van der Waals surface area contributed by atoms with E-state index in [1.165, 1.54) is 7.11 Å². The number of hydrogen-bond donors (Lipinski definition) is 1. The van der Waals surface area contributed by atoms with E-state index in [1.54, 1.807) is 37.4 Å². The molecule has 6 nitrogen and oxygen atoms in total. The lowest BCUT2D eigenvalue weighted by molar-refractivity contribution is 0.0599. The lowest BCUT2D eigenvalue weighted by Crippen LogP contribution is -2.12. The molecule has 1 saturated carbocycles. The molecule has 1 aliphatic rings. The molecule has 0 bridgehead atoms. The second kappa shape index (κ2) is 9.10. The van der Waals surface area contributed by atoms with Crippen molar-refractivity contribution < 1.29 is 19.1 Å². The summed E-state index contributed by atoms with van der Waals surface area (Å²) in [5.41, 5.74) is 4.84. The minimum atomic E-state index is -0.438. The number of aryl methyl sites for hydroxylation is 1. The van der Waals surface area contributed by atoms with Crippen LogP contribution >= 0.6 is 0 Å². The number of ether oxygens (including phenoxy) is 2. The van der Waals surface area contributed by atoms with Crippen molar-refractivity contribution in [1.29, 1.82) is 0 Å². The van der Waals surface area contributed by atoms with Crippen LogP contribution in [0.15, 0.2) is 60.8 Å². The summed E-state index contributed by atoms with van der Waals surface area (Å²) in [6.45, 7) is 2.35. The van der Waals surface area contributed by atoms with Gasteiger partial charge in [-0.15, -0.1) is 0 Å². The minimum absolute atomic E-state index is 0.211. The summed E-state index contributed by atoms with van der Waals surface area (Å²) in [7, 11) is 1.34. The minimum Gasteiger partial charge on any atom is -0.465 e. The Morgan fingerprint density at radius 1 is 1.06 bits per heavy atom. The fraction of sp³-hybridized carbons (Fsp3) is 0.240. The van der Waals surface area contributed by atoms with Crippen molar-refractivity contribution in [3.63, 3.8) is 0 Å². The number of aromatic nitrogens is 1. The number of hydrogen-bond acceptors (Lipinski definition) is 5. The number of methoxy groups -OCH3 is 1. The Hall–Kier alpha value is -3.51. The van der Waals surface area contributed by atoms with Gasteiger partial charge in [0.2, 0.25) is 0 Å². The number of carbonyl (C=O) groups excluding carboxylic acids is 2. The first-order valence-corrected chi connectivity index (χ1v) is 10.2. The maximum absolute atomic E-state index is 12.8. The molecule has 1 heterocycles. The molecule has 4 rings (SSSR count). The van der Waals surface area contributed by atoms with Crippen LogP contribution in [0.1, 0.15) is 44.8 Å². The molecule has 1 fully saturated rings. The van der Waals surface area contributed by atoms with Crippen LogP contribution in [0.5, 0.6) is 0 Å². The Kier molecular flexibility index (Phi) is 6.09. The molecular weight excluding hydrogens is 392 g/mol. The van der Waals surface area contributed by atoms with Gasteiger partial charge in [0.25, 0.3) is 5.91 Å². The summed E-state index contributed by atoms with van der Waals surface area (Å²) in [5, 5.41) is 2.92. The number of nitrogens with zero attached hydrogens (tertiary/aromatic N) is 1. The van der Waals surface area contributed by atoms with E-state index in [0.717, 1.165) is 35.2 Å². The third-order valence-electron chi connectivity index (χ3n) is 5.17. The summed E-state index contributed by atoms with van der Waals surface area (Å²) in [5.74, 6) is -0.649. The number of amides is 1. The number of esters is 1. The van der Waals surface area contributed by atoms with Gasteiger partial charge >= 0.3 is 5.97 Å². The first-order valence-electron chi connectivity index (χ1n) is 10.2. The predicted molar refractivity (Wildman–Crippen MR) is 118 cm³/mol. The van der Waals surface area contributed by atoms with Gasteiger partial charge in [0.1, 0.15) is 0 Å². The average molecular weight is 416 g/mol. The standard InChI is InChI=1S/C25H24N2O4/c1-16-23(25(29)30-2)13-20(14-26-16)18-4-3-5-19(12-18)24(28)27-21-8-6-17(7-9-21)15-31-22-10-11-22/h3-9,12-14,22H,10-11,15H2,1-2H3,(H,27,28). The van der Waals surface area contributed by atoms with Crippen molar-refractivity contribution in [2.45, 2.75) is 32.5 Å². The zero-order chi connectivity index (χ0) is 21.8. The highest BCUT2D eigenvalue weighted by molar-refractivity contribution is 6.05. The van der Waals surface area contributed by atoms with Gasteiger partial charge in [-0.1, -0.05) is 24.3 Å². The van der Waals surface area contributed by atoms with E-state index in [0.29, 0.717) is 29.5 Å². The third-order valence-corrected chi connectivity index (χ3v) is 5.17. The van der Waals surface area contributed by atoms with Crippen molar-refractivity contribution in [2.75, 3.05) is 12.4 Å². The number of benzene rings is 2. The monoisotopic (exact) mass is 416 g/mol. The van der Waals surface area contributed by atoms with E-state index in [4.69, 9.17) is 9.47 Å². The Balaban J connectivity index is 1.47. The molecule has 1 N–H and O–H groups in total. The van der Waals surface area contributed by atoms with Crippen LogP contribution < -0.4 is 5.32 Å². The van der Waals surface area contributed by atoms with Gasteiger partial charge in [-0.2, -0.15) is 0 Å². The molecule has 31 heavy (non-hydrogen) atoms. The fourth-order valence-electron chi connectivity index (χ4n) is 3.18. The van der Waals surface area contributed by atoms with E-state index in [-0.39, 0.29) is 5.91 Å². The lowest BCUT2D eigenvalue weighted by atomic mass is 10.0. The summed E-state index contributed by atoms with van der Waals surface area (Å²) in [6, 6.07) is 16.6. The zero-order valence-corrected chi connectivity index (χ0v) is 17.6. The summed E-state index contributed by atoms with van der Waals surface area (Å²) in [4.78, 5) is 29.0. The third kappa shape index (κ3) is 5.16. The predicted octanol–water partition coefficient (Wildman–Crippen LogP) is 4.77. The molecular formula is C25H24N2O4. The van der Waals surface area contributed by atoms with E-state index in [1.807, 2.05) is 30.3 Å². The van der Waals surface area contributed by atoms with E-state index >= 15 is 0 Å². The smallest absolute Gasteiger partial charge is 0.339 e. The normalized spacial score (nSPS) is 13.0. The number of rotatable bonds is 7. The van der Waals surface area contributed by atoms with Crippen LogP contribution in [0.2, 0.25) is 0 Å². The van der Waals surface area contributed by atoms with E-state index < -0.39 is 5.97 Å². The first kappa shape index (κ1) is 20.8. The zero-order valence-electron chi connectivity index (χ0n) is 17.6. The van der Waals surface area contributed by atoms with Crippen LogP contribution in [0, 0.1) is 6.92 Å². The highest BCUT2D eigenvalue weighted by Crippen LogP contribution is 2.25. The van der Waals surface area contributed by atoms with Gasteiger partial charge in [0.15, 0.2) is 0 Å². The second-order valence-corrected chi connectivity index (χ2v) is 7.59. The quantitative estimate of drug-likeness (QED) is 0.561. The molecule has 0 saturated heterocycles. The van der Waals surface area contributed by atoms with Crippen molar-refractivity contribution in [3.05, 3.63) is 83.2 Å². The molecule has 3 aromatic rings. The fourth-order valence-corrected chi connectivity index (χ4v) is 3.18. The average Bonchev–Trinajstić information content (AvgIpc) is 3.63. The van der Waals surface area contributed by atoms with Gasteiger partial charge in [-0.3, -0.25) is 9.78 Å². The molecule has 0 spiro atoms. The van der Waals surface area contributed by atoms with Crippen LogP contribution in [-0.4, -0.2) is 30.1 Å². The van der Waals surface area contributed by atoms with Crippen molar-refractivity contribution in [1.82, 2.24) is 4.98 Å². The maximum Gasteiger partial charge on any atom is 0.339 e. The Bertz CT molecular complexity index is 1100. The van der Waals surface area contributed by atoms with Crippen molar-refractivity contribution in [3.8, 4) is 11.1 Å². The summed E-state index contributed by atoms with van der Waals surface area (Å²) >= 11 is 0. The van der Waals surface area contributed by atoms with Gasteiger partial charge in [-0.05, 0) is 61.2 Å². The maximum atomic E-state index is 12.8. The number of pyridine rings is 1. The van der Waals surface area contributed by atoms with Gasteiger partial charge < -0.3 is 14.8 Å². The van der Waals surface area contributed by atoms with Gasteiger partial charge in [-0.25, -0.2) is 4.79 Å². The van der Waals surface area contributed by atoms with Gasteiger partial charge in [0.05, 0.1) is 31.1 Å². The Morgan fingerprint density at radius 3 is 2.55 bits per heavy atom. The molecule has 158 valence electrons. The van der Waals surface area contributed by atoms with Crippen LogP contribution in [0.4, 0.5) is 5.69 Å². The summed E-state index contributed by atoms with van der Waals surface area (Å²) < 4.78 is 10.5. The lowest BCUT2D eigenvalue weighted by Gasteiger charge is -2.10. The molecule has 1 amide bonds. The molecule has 2 aromatic carbocycles. The highest BCUT2D eigenvalue weighted by atomic mass is 16.5. The molecule has 0 aliphatic heterocycles. The number of anilines is 1. The topological polar surface area (TPSA) is 77.5 Å². The molecule has 1 aliphatic carbocycles. The van der Waals surface area contributed by atoms with Crippen molar-refractivity contribution >= 4 is 17.6 Å². The largest absolute Gasteiger partial charge is 0.465 e. The van der Waals surface area contributed by atoms with Gasteiger partial charge in [0, 0.05) is 23.0 Å². The summed E-state index contributed by atoms with van der Waals surface area (Å²) in [6.07, 6.45) is 4.39. The molecule has 1 aromatic heterocycles.